The van der Waals surface area contributed by atoms with Crippen LogP contribution in [0.2, 0.25) is 5.02 Å². The Morgan fingerprint density at radius 3 is 2.11 bits per heavy atom. The molecule has 0 aliphatic carbocycles. The van der Waals surface area contributed by atoms with Crippen molar-refractivity contribution >= 4 is 33.2 Å². The van der Waals surface area contributed by atoms with Crippen LogP contribution in [0.4, 0.5) is 5.69 Å². The molecule has 186 valence electrons. The summed E-state index contributed by atoms with van der Waals surface area (Å²) < 4.78 is 40.1. The van der Waals surface area contributed by atoms with Crippen LogP contribution in [0.1, 0.15) is 22.3 Å². The van der Waals surface area contributed by atoms with Crippen molar-refractivity contribution in [1.82, 2.24) is 4.72 Å². The second kappa shape index (κ2) is 11.1. The zero-order chi connectivity index (χ0) is 25.8. The molecule has 1 atom stereocenters. The standard InChI is InChI=1S/C26H29ClN2O5S/c1-16-11-17(2)25(18(3)12-16)35(31,32)29-22(13-19-9-7-6-8-10-19)26(30)28-21-15-23(33-4)20(27)14-24(21)34-5/h6-12,14-15,22,29H,13H2,1-5H3,(H,28,30). The summed E-state index contributed by atoms with van der Waals surface area (Å²) in [6.45, 7) is 5.39. The lowest BCUT2D eigenvalue weighted by atomic mass is 10.1. The van der Waals surface area contributed by atoms with E-state index >= 15 is 0 Å². The number of aryl methyl sites for hydroxylation is 3. The van der Waals surface area contributed by atoms with Crippen molar-refractivity contribution in [1.29, 1.82) is 0 Å². The number of amides is 1. The molecule has 3 aromatic rings. The Balaban J connectivity index is 1.99. The van der Waals surface area contributed by atoms with Crippen LogP contribution < -0.4 is 19.5 Å². The van der Waals surface area contributed by atoms with Gasteiger partial charge in [-0.1, -0.05) is 59.6 Å². The summed E-state index contributed by atoms with van der Waals surface area (Å²) in [6, 6.07) is 14.7. The number of hydrogen-bond donors (Lipinski definition) is 2. The van der Waals surface area contributed by atoms with E-state index in [1.165, 1.54) is 26.4 Å². The molecule has 0 saturated heterocycles. The van der Waals surface area contributed by atoms with Crippen molar-refractivity contribution in [2.24, 2.45) is 0 Å². The number of anilines is 1. The van der Waals surface area contributed by atoms with Gasteiger partial charge in [0.15, 0.2) is 0 Å². The molecular weight excluding hydrogens is 488 g/mol. The number of halogens is 1. The molecule has 3 rings (SSSR count). The number of benzene rings is 3. The third kappa shape index (κ3) is 6.33. The molecule has 3 aromatic carbocycles. The summed E-state index contributed by atoms with van der Waals surface area (Å²) in [7, 11) is -1.12. The van der Waals surface area contributed by atoms with E-state index in [0.717, 1.165) is 11.1 Å². The van der Waals surface area contributed by atoms with Crippen LogP contribution in [0.15, 0.2) is 59.5 Å². The van der Waals surface area contributed by atoms with E-state index in [2.05, 4.69) is 10.0 Å². The summed E-state index contributed by atoms with van der Waals surface area (Å²) in [5, 5.41) is 3.08. The minimum absolute atomic E-state index is 0.142. The highest BCUT2D eigenvalue weighted by Crippen LogP contribution is 2.36. The number of rotatable bonds is 9. The van der Waals surface area contributed by atoms with E-state index in [4.69, 9.17) is 21.1 Å². The molecular formula is C26H29ClN2O5S. The molecule has 0 aliphatic rings. The monoisotopic (exact) mass is 516 g/mol. The molecule has 0 bridgehead atoms. The Morgan fingerprint density at radius 2 is 1.54 bits per heavy atom. The van der Waals surface area contributed by atoms with Gasteiger partial charge in [0.2, 0.25) is 15.9 Å². The molecule has 0 radical (unpaired) electrons. The largest absolute Gasteiger partial charge is 0.495 e. The van der Waals surface area contributed by atoms with Gasteiger partial charge in [-0.05, 0) is 43.9 Å². The lowest BCUT2D eigenvalue weighted by Crippen LogP contribution is -2.45. The molecule has 7 nitrogen and oxygen atoms in total. The van der Waals surface area contributed by atoms with Crippen molar-refractivity contribution < 1.29 is 22.7 Å². The number of ether oxygens (including phenoxy) is 2. The minimum atomic E-state index is -4.02. The molecule has 2 N–H and O–H groups in total. The van der Waals surface area contributed by atoms with E-state index in [1.54, 1.807) is 26.0 Å². The SMILES string of the molecule is COc1cc(NC(=O)C(Cc2ccccc2)NS(=O)(=O)c2c(C)cc(C)cc2C)c(OC)cc1Cl. The minimum Gasteiger partial charge on any atom is -0.495 e. The van der Waals surface area contributed by atoms with Crippen molar-refractivity contribution in [3.05, 3.63) is 81.9 Å². The van der Waals surface area contributed by atoms with Gasteiger partial charge in [0.25, 0.3) is 0 Å². The van der Waals surface area contributed by atoms with Gasteiger partial charge < -0.3 is 14.8 Å². The average molecular weight is 517 g/mol. The summed E-state index contributed by atoms with van der Waals surface area (Å²) in [5.41, 5.74) is 3.28. The Labute approximate surface area is 211 Å². The van der Waals surface area contributed by atoms with Crippen LogP contribution >= 0.6 is 11.6 Å². The molecule has 0 spiro atoms. The first-order chi connectivity index (χ1) is 16.6. The van der Waals surface area contributed by atoms with Gasteiger partial charge in [-0.25, -0.2) is 8.42 Å². The highest BCUT2D eigenvalue weighted by molar-refractivity contribution is 7.89. The van der Waals surface area contributed by atoms with Gasteiger partial charge in [0.05, 0.1) is 29.8 Å². The number of nitrogens with one attached hydrogen (secondary N) is 2. The summed E-state index contributed by atoms with van der Waals surface area (Å²) in [5.74, 6) is 0.104. The molecule has 0 aromatic heterocycles. The second-order valence-corrected chi connectivity index (χ2v) is 10.3. The number of carbonyl (C=O) groups is 1. The summed E-state index contributed by atoms with van der Waals surface area (Å²) in [6.07, 6.45) is 0.142. The number of hydrogen-bond acceptors (Lipinski definition) is 5. The molecule has 1 unspecified atom stereocenters. The maximum absolute atomic E-state index is 13.5. The van der Waals surface area contributed by atoms with Crippen molar-refractivity contribution in [2.75, 3.05) is 19.5 Å². The third-order valence-corrected chi connectivity index (χ3v) is 7.57. The first-order valence-electron chi connectivity index (χ1n) is 10.9. The molecule has 1 amide bonds. The zero-order valence-electron chi connectivity index (χ0n) is 20.3. The van der Waals surface area contributed by atoms with E-state index in [1.807, 2.05) is 37.3 Å². The van der Waals surface area contributed by atoms with Gasteiger partial charge in [0.1, 0.15) is 17.5 Å². The predicted molar refractivity (Wildman–Crippen MR) is 138 cm³/mol. The highest BCUT2D eigenvalue weighted by atomic mass is 35.5. The maximum atomic E-state index is 13.5. The van der Waals surface area contributed by atoms with Crippen LogP contribution in [0, 0.1) is 20.8 Å². The topological polar surface area (TPSA) is 93.7 Å². The number of sulfonamides is 1. The number of carbonyl (C=O) groups excluding carboxylic acids is 1. The van der Waals surface area contributed by atoms with E-state index in [-0.39, 0.29) is 11.3 Å². The predicted octanol–water partition coefficient (Wildman–Crippen LogP) is 4.81. The number of methoxy groups -OCH3 is 2. The smallest absolute Gasteiger partial charge is 0.243 e. The van der Waals surface area contributed by atoms with Crippen LogP contribution in [-0.4, -0.2) is 34.6 Å². The van der Waals surface area contributed by atoms with Gasteiger partial charge in [-0.3, -0.25) is 4.79 Å². The summed E-state index contributed by atoms with van der Waals surface area (Å²) >= 11 is 6.17. The van der Waals surface area contributed by atoms with Crippen LogP contribution in [-0.2, 0) is 21.2 Å². The van der Waals surface area contributed by atoms with Crippen molar-refractivity contribution in [2.45, 2.75) is 38.1 Å². The molecule has 0 heterocycles. The Morgan fingerprint density at radius 1 is 0.943 bits per heavy atom. The Hall–Kier alpha value is -3.07. The van der Waals surface area contributed by atoms with Gasteiger partial charge in [-0.2, -0.15) is 4.72 Å². The first-order valence-corrected chi connectivity index (χ1v) is 12.8. The van der Waals surface area contributed by atoms with Gasteiger partial charge >= 0.3 is 0 Å². The van der Waals surface area contributed by atoms with Gasteiger partial charge in [0, 0.05) is 12.1 Å². The fraction of sp³-hybridized carbons (Fsp3) is 0.269. The molecule has 0 saturated carbocycles. The fourth-order valence-electron chi connectivity index (χ4n) is 4.05. The molecule has 0 fully saturated rings. The molecule has 9 heteroatoms. The highest BCUT2D eigenvalue weighted by Gasteiger charge is 2.29. The quantitative estimate of drug-likeness (QED) is 0.425. The molecule has 35 heavy (non-hydrogen) atoms. The first kappa shape index (κ1) is 26.5. The van der Waals surface area contributed by atoms with E-state index in [9.17, 15) is 13.2 Å². The normalized spacial score (nSPS) is 12.2. The van der Waals surface area contributed by atoms with Crippen LogP contribution in [0.5, 0.6) is 11.5 Å². The van der Waals surface area contributed by atoms with Crippen LogP contribution in [0.3, 0.4) is 0 Å². The van der Waals surface area contributed by atoms with Crippen molar-refractivity contribution in [3.8, 4) is 11.5 Å². The average Bonchev–Trinajstić information content (AvgIpc) is 2.79. The van der Waals surface area contributed by atoms with Crippen molar-refractivity contribution in [3.63, 3.8) is 0 Å². The lowest BCUT2D eigenvalue weighted by Gasteiger charge is -2.21. The van der Waals surface area contributed by atoms with E-state index < -0.39 is 22.0 Å². The molecule has 0 aliphatic heterocycles. The summed E-state index contributed by atoms with van der Waals surface area (Å²) in [4.78, 5) is 13.6. The maximum Gasteiger partial charge on any atom is 0.243 e. The van der Waals surface area contributed by atoms with E-state index in [0.29, 0.717) is 33.3 Å². The Kier molecular flexibility index (Phi) is 8.43. The third-order valence-electron chi connectivity index (χ3n) is 5.50. The Bertz CT molecular complexity index is 1300. The second-order valence-electron chi connectivity index (χ2n) is 8.27. The van der Waals surface area contributed by atoms with Gasteiger partial charge in [-0.15, -0.1) is 0 Å². The fourth-order valence-corrected chi connectivity index (χ4v) is 5.93. The van der Waals surface area contributed by atoms with Crippen LogP contribution in [0.25, 0.3) is 0 Å². The zero-order valence-corrected chi connectivity index (χ0v) is 21.9. The lowest BCUT2D eigenvalue weighted by molar-refractivity contribution is -0.117.